The van der Waals surface area contributed by atoms with Crippen LogP contribution in [0.1, 0.15) is 41.3 Å². The van der Waals surface area contributed by atoms with Crippen LogP contribution in [0, 0.1) is 22.7 Å². The van der Waals surface area contributed by atoms with Crippen LogP contribution < -0.4 is 10.6 Å². The molecule has 33 heavy (non-hydrogen) atoms. The largest absolute Gasteiger partial charge is 0.478 e. The van der Waals surface area contributed by atoms with Crippen molar-refractivity contribution in [3.8, 4) is 12.1 Å². The molecule has 1 aromatic heterocycles. The van der Waals surface area contributed by atoms with E-state index in [0.29, 0.717) is 29.9 Å². The second-order valence-corrected chi connectivity index (χ2v) is 7.92. The van der Waals surface area contributed by atoms with Crippen molar-refractivity contribution in [2.45, 2.75) is 26.2 Å². The van der Waals surface area contributed by atoms with Gasteiger partial charge in [0.05, 0.1) is 40.3 Å². The fraction of sp³-hybridized carbons (Fsp3) is 0.200. The Hall–Kier alpha value is -4.56. The van der Waals surface area contributed by atoms with Crippen molar-refractivity contribution in [1.82, 2.24) is 15.5 Å². The Morgan fingerprint density at radius 3 is 2.36 bits per heavy atom. The first-order valence-corrected chi connectivity index (χ1v) is 10.5. The highest BCUT2D eigenvalue weighted by molar-refractivity contribution is 5.90. The number of dihydropyridines is 1. The molecular formula is C25H22N6O2. The number of hydrogen-bond acceptors (Lipinski definition) is 6. The average Bonchev–Trinajstić information content (AvgIpc) is 3.21. The Morgan fingerprint density at radius 1 is 1.09 bits per heavy atom. The van der Waals surface area contributed by atoms with Crippen molar-refractivity contribution in [3.05, 3.63) is 81.7 Å². The van der Waals surface area contributed by atoms with E-state index in [1.807, 2.05) is 32.0 Å². The minimum absolute atomic E-state index is 0.262. The number of fused-ring (bicyclic) bond motifs is 1. The lowest BCUT2D eigenvalue weighted by molar-refractivity contribution is 0.0697. The van der Waals surface area contributed by atoms with Gasteiger partial charge in [0, 0.05) is 23.3 Å². The highest BCUT2D eigenvalue weighted by Gasteiger charge is 2.29. The number of allylic oxidation sites excluding steroid dienone is 4. The van der Waals surface area contributed by atoms with E-state index in [1.165, 1.54) is 0 Å². The second-order valence-electron chi connectivity index (χ2n) is 7.92. The number of carbonyl (C=O) groups is 1. The number of benzene rings is 2. The lowest BCUT2D eigenvalue weighted by atomic mass is 9.81. The summed E-state index contributed by atoms with van der Waals surface area (Å²) in [5, 5.41) is 43.2. The van der Waals surface area contributed by atoms with Gasteiger partial charge >= 0.3 is 5.97 Å². The number of rotatable bonds is 6. The topological polar surface area (TPSA) is 138 Å². The van der Waals surface area contributed by atoms with Gasteiger partial charge in [-0.1, -0.05) is 18.2 Å². The van der Waals surface area contributed by atoms with Gasteiger partial charge in [0.25, 0.3) is 0 Å². The second kappa shape index (κ2) is 8.89. The standard InChI is InChI=1S/C25H22N6O2/c1-14-20(12-26)23(21(13-27)15(2)29-14)18-7-8-22-19(11-18)24(31-30-22)28-10-9-16-3-5-17(6-4-16)25(32)33/h3-8,11,23,29H,9-10H2,1-2H3,(H,32,33)(H2,28,30,31). The quantitative estimate of drug-likeness (QED) is 0.452. The number of nitriles is 2. The predicted molar refractivity (Wildman–Crippen MR) is 124 cm³/mol. The minimum atomic E-state index is -0.943. The smallest absolute Gasteiger partial charge is 0.335 e. The molecule has 3 aromatic rings. The highest BCUT2D eigenvalue weighted by atomic mass is 16.4. The molecular weight excluding hydrogens is 416 g/mol. The number of nitrogens with one attached hydrogen (secondary N) is 3. The lowest BCUT2D eigenvalue weighted by Crippen LogP contribution is -2.23. The molecule has 1 aliphatic heterocycles. The zero-order valence-electron chi connectivity index (χ0n) is 18.2. The molecule has 2 heterocycles. The molecule has 0 unspecified atom stereocenters. The van der Waals surface area contributed by atoms with Gasteiger partial charge in [-0.05, 0) is 55.7 Å². The number of nitrogens with zero attached hydrogens (tertiary/aromatic N) is 3. The number of aromatic amines is 1. The fourth-order valence-electron chi connectivity index (χ4n) is 4.11. The summed E-state index contributed by atoms with van der Waals surface area (Å²) in [6, 6.07) is 17.1. The number of anilines is 1. The Bertz CT molecular complexity index is 1350. The van der Waals surface area contributed by atoms with Gasteiger partial charge in [-0.15, -0.1) is 0 Å². The van der Waals surface area contributed by atoms with Crippen LogP contribution >= 0.6 is 0 Å². The number of aromatic nitrogens is 2. The Labute approximate surface area is 190 Å². The molecule has 0 fully saturated rings. The van der Waals surface area contributed by atoms with Gasteiger partial charge in [0.1, 0.15) is 0 Å². The van der Waals surface area contributed by atoms with Crippen molar-refractivity contribution in [2.75, 3.05) is 11.9 Å². The van der Waals surface area contributed by atoms with E-state index in [0.717, 1.165) is 33.4 Å². The van der Waals surface area contributed by atoms with E-state index >= 15 is 0 Å². The van der Waals surface area contributed by atoms with E-state index in [4.69, 9.17) is 5.11 Å². The summed E-state index contributed by atoms with van der Waals surface area (Å²) in [7, 11) is 0. The fourth-order valence-corrected chi connectivity index (χ4v) is 4.11. The molecule has 8 heteroatoms. The Balaban J connectivity index is 1.59. The third-order valence-electron chi connectivity index (χ3n) is 5.83. The third-order valence-corrected chi connectivity index (χ3v) is 5.83. The third kappa shape index (κ3) is 4.15. The number of carboxylic acid groups (broad SMARTS) is 1. The lowest BCUT2D eigenvalue weighted by Gasteiger charge is -2.26. The zero-order valence-corrected chi connectivity index (χ0v) is 18.2. The van der Waals surface area contributed by atoms with Gasteiger partial charge in [0.2, 0.25) is 0 Å². The van der Waals surface area contributed by atoms with Crippen LogP contribution in [-0.2, 0) is 6.42 Å². The average molecular weight is 438 g/mol. The molecule has 1 aliphatic rings. The van der Waals surface area contributed by atoms with E-state index in [9.17, 15) is 15.3 Å². The molecule has 0 spiro atoms. The van der Waals surface area contributed by atoms with Crippen LogP contribution in [0.5, 0.6) is 0 Å². The Morgan fingerprint density at radius 2 is 1.76 bits per heavy atom. The predicted octanol–water partition coefficient (Wildman–Crippen LogP) is 4.20. The molecule has 0 saturated carbocycles. The van der Waals surface area contributed by atoms with Gasteiger partial charge in [-0.2, -0.15) is 15.6 Å². The molecule has 4 rings (SSSR count). The van der Waals surface area contributed by atoms with Crippen LogP contribution in [0.25, 0.3) is 10.9 Å². The monoisotopic (exact) mass is 438 g/mol. The van der Waals surface area contributed by atoms with Gasteiger partial charge < -0.3 is 15.7 Å². The summed E-state index contributed by atoms with van der Waals surface area (Å²) in [5.41, 5.74) is 5.53. The number of H-pyrrole nitrogens is 1. The summed E-state index contributed by atoms with van der Waals surface area (Å²) < 4.78 is 0. The summed E-state index contributed by atoms with van der Waals surface area (Å²) >= 11 is 0. The molecule has 8 nitrogen and oxygen atoms in total. The summed E-state index contributed by atoms with van der Waals surface area (Å²) in [5.74, 6) is -0.691. The van der Waals surface area contributed by atoms with Gasteiger partial charge in [-0.3, -0.25) is 5.10 Å². The van der Waals surface area contributed by atoms with E-state index in [2.05, 4.69) is 33.0 Å². The Kier molecular flexibility index (Phi) is 5.84. The first-order chi connectivity index (χ1) is 15.9. The molecule has 0 bridgehead atoms. The van der Waals surface area contributed by atoms with Crippen LogP contribution in [0.15, 0.2) is 65.0 Å². The van der Waals surface area contributed by atoms with Crippen LogP contribution in [0.3, 0.4) is 0 Å². The molecule has 0 radical (unpaired) electrons. The molecule has 0 atom stereocenters. The molecule has 164 valence electrons. The minimum Gasteiger partial charge on any atom is -0.478 e. The maximum atomic E-state index is 11.0. The van der Waals surface area contributed by atoms with E-state index < -0.39 is 11.9 Å². The van der Waals surface area contributed by atoms with Crippen molar-refractivity contribution in [1.29, 1.82) is 10.5 Å². The number of carboxylic acids is 1. The van der Waals surface area contributed by atoms with Crippen LogP contribution in [0.4, 0.5) is 5.82 Å². The molecule has 0 amide bonds. The van der Waals surface area contributed by atoms with Crippen molar-refractivity contribution >= 4 is 22.7 Å². The maximum absolute atomic E-state index is 11.0. The van der Waals surface area contributed by atoms with Crippen molar-refractivity contribution < 1.29 is 9.90 Å². The van der Waals surface area contributed by atoms with Crippen molar-refractivity contribution in [2.24, 2.45) is 0 Å². The SMILES string of the molecule is CC1=C(C#N)C(c2ccc3[nH]nc(NCCc4ccc(C(=O)O)cc4)c3c2)C(C#N)=C(C)N1. The van der Waals surface area contributed by atoms with E-state index in [1.54, 1.807) is 24.3 Å². The van der Waals surface area contributed by atoms with Crippen LogP contribution in [0.2, 0.25) is 0 Å². The van der Waals surface area contributed by atoms with Gasteiger partial charge in [-0.25, -0.2) is 4.79 Å². The zero-order chi connectivity index (χ0) is 23.5. The summed E-state index contributed by atoms with van der Waals surface area (Å²) in [6.45, 7) is 4.29. The molecule has 4 N–H and O–H groups in total. The number of aromatic carboxylic acids is 1. The molecule has 2 aromatic carbocycles. The molecule has 0 aliphatic carbocycles. The van der Waals surface area contributed by atoms with Gasteiger partial charge in [0.15, 0.2) is 5.82 Å². The normalized spacial score (nSPS) is 14.1. The van der Waals surface area contributed by atoms with Crippen molar-refractivity contribution in [3.63, 3.8) is 0 Å². The molecule has 0 saturated heterocycles. The first kappa shape index (κ1) is 21.7. The van der Waals surface area contributed by atoms with Crippen LogP contribution in [-0.4, -0.2) is 27.8 Å². The number of hydrogen-bond donors (Lipinski definition) is 4. The summed E-state index contributed by atoms with van der Waals surface area (Å²) in [6.07, 6.45) is 0.698. The highest BCUT2D eigenvalue weighted by Crippen LogP contribution is 2.38. The van der Waals surface area contributed by atoms with E-state index in [-0.39, 0.29) is 5.56 Å². The summed E-state index contributed by atoms with van der Waals surface area (Å²) in [4.78, 5) is 11.0. The maximum Gasteiger partial charge on any atom is 0.335 e. The first-order valence-electron chi connectivity index (χ1n) is 10.5.